The second-order valence-corrected chi connectivity index (χ2v) is 3.31. The van der Waals surface area contributed by atoms with Gasteiger partial charge in [0.25, 0.3) is 0 Å². The molecule has 1 N–H and O–H groups in total. The van der Waals surface area contributed by atoms with E-state index in [1.165, 1.54) is 0 Å². The zero-order chi connectivity index (χ0) is 8.60. The first-order valence-corrected chi connectivity index (χ1v) is 4.12. The zero-order valence-corrected chi connectivity index (χ0v) is 6.70. The van der Waals surface area contributed by atoms with Crippen molar-refractivity contribution in [1.29, 1.82) is 0 Å². The Morgan fingerprint density at radius 1 is 1.42 bits per heavy atom. The van der Waals surface area contributed by atoms with Crippen molar-refractivity contribution in [2.45, 2.75) is 12.1 Å². The zero-order valence-electron chi connectivity index (χ0n) is 6.70. The number of alkyl halides is 1. The molecule has 1 fully saturated rings. The molecule has 1 aliphatic rings. The van der Waals surface area contributed by atoms with Gasteiger partial charge in [-0.1, -0.05) is 30.3 Å². The fraction of sp³-hybridized carbons (Fsp3) is 0.400. The minimum atomic E-state index is -1.24. The van der Waals surface area contributed by atoms with E-state index in [0.717, 1.165) is 0 Å². The van der Waals surface area contributed by atoms with Gasteiger partial charge in [0.1, 0.15) is 5.67 Å². The molecule has 64 valence electrons. The lowest BCUT2D eigenvalue weighted by Gasteiger charge is -2.05. The van der Waals surface area contributed by atoms with Crippen LogP contribution in [0.5, 0.6) is 0 Å². The summed E-state index contributed by atoms with van der Waals surface area (Å²) >= 11 is 0. The number of benzene rings is 1. The molecule has 1 nitrogen and oxygen atoms in total. The predicted molar refractivity (Wildman–Crippen MR) is 44.4 cm³/mol. The molecule has 2 heteroatoms. The molecule has 1 saturated carbocycles. The van der Waals surface area contributed by atoms with Crippen molar-refractivity contribution in [3.63, 3.8) is 0 Å². The van der Waals surface area contributed by atoms with Crippen LogP contribution in [0.3, 0.4) is 0 Å². The molecule has 0 aliphatic heterocycles. The lowest BCUT2D eigenvalue weighted by molar-refractivity contribution is 0.212. The van der Waals surface area contributed by atoms with Crippen LogP contribution in [0.25, 0.3) is 0 Å². The average molecular weight is 166 g/mol. The van der Waals surface area contributed by atoms with Gasteiger partial charge in [0, 0.05) is 12.5 Å². The van der Waals surface area contributed by atoms with Gasteiger partial charge in [-0.25, -0.2) is 4.39 Å². The first kappa shape index (κ1) is 7.74. The van der Waals surface area contributed by atoms with Crippen molar-refractivity contribution >= 4 is 0 Å². The summed E-state index contributed by atoms with van der Waals surface area (Å²) < 4.78 is 13.7. The Morgan fingerprint density at radius 3 is 2.58 bits per heavy atom. The quantitative estimate of drug-likeness (QED) is 0.711. The molecule has 0 radical (unpaired) electrons. The summed E-state index contributed by atoms with van der Waals surface area (Å²) in [6.07, 6.45) is 0.466. The highest BCUT2D eigenvalue weighted by atomic mass is 19.1. The third kappa shape index (κ3) is 1.03. The van der Waals surface area contributed by atoms with Gasteiger partial charge in [0.2, 0.25) is 0 Å². The minimum Gasteiger partial charge on any atom is -0.396 e. The second-order valence-electron chi connectivity index (χ2n) is 3.31. The molecular formula is C10H11FO. The topological polar surface area (TPSA) is 20.2 Å². The predicted octanol–water partition coefficient (Wildman–Crippen LogP) is 1.86. The molecule has 0 amide bonds. The molecule has 12 heavy (non-hydrogen) atoms. The molecule has 1 aromatic carbocycles. The number of halogens is 1. The normalized spacial score (nSPS) is 33.3. The van der Waals surface area contributed by atoms with Gasteiger partial charge in [0.05, 0.1) is 0 Å². The number of aliphatic hydroxyl groups excluding tert-OH is 1. The van der Waals surface area contributed by atoms with Crippen LogP contribution in [0.15, 0.2) is 30.3 Å². The SMILES string of the molecule is OCC1CC1(F)c1ccccc1. The van der Waals surface area contributed by atoms with E-state index < -0.39 is 5.67 Å². The largest absolute Gasteiger partial charge is 0.396 e. The third-order valence-electron chi connectivity index (χ3n) is 2.50. The summed E-state index contributed by atoms with van der Waals surface area (Å²) in [4.78, 5) is 0. The Bertz CT molecular complexity index is 272. The summed E-state index contributed by atoms with van der Waals surface area (Å²) in [5, 5.41) is 8.76. The van der Waals surface area contributed by atoms with E-state index in [1.807, 2.05) is 18.2 Å². The highest BCUT2D eigenvalue weighted by Crippen LogP contribution is 2.55. The smallest absolute Gasteiger partial charge is 0.141 e. The molecule has 1 aromatic rings. The summed E-state index contributed by atoms with van der Waals surface area (Å²) in [6.45, 7) is -0.0502. The molecular weight excluding hydrogens is 155 g/mol. The van der Waals surface area contributed by atoms with Crippen LogP contribution in [0.1, 0.15) is 12.0 Å². The van der Waals surface area contributed by atoms with Gasteiger partial charge in [0.15, 0.2) is 0 Å². The van der Waals surface area contributed by atoms with Gasteiger partial charge in [-0.2, -0.15) is 0 Å². The molecule has 0 saturated heterocycles. The van der Waals surface area contributed by atoms with Crippen LogP contribution in [-0.4, -0.2) is 11.7 Å². The van der Waals surface area contributed by atoms with Crippen LogP contribution in [0.2, 0.25) is 0 Å². The fourth-order valence-electron chi connectivity index (χ4n) is 1.58. The summed E-state index contributed by atoms with van der Waals surface area (Å²) in [7, 11) is 0. The molecule has 2 unspecified atom stereocenters. The van der Waals surface area contributed by atoms with Crippen LogP contribution in [0, 0.1) is 5.92 Å². The van der Waals surface area contributed by atoms with Crippen molar-refractivity contribution < 1.29 is 9.50 Å². The minimum absolute atomic E-state index is 0.0502. The van der Waals surface area contributed by atoms with Gasteiger partial charge in [-0.15, -0.1) is 0 Å². The molecule has 0 heterocycles. The van der Waals surface area contributed by atoms with Crippen molar-refractivity contribution in [2.75, 3.05) is 6.61 Å². The van der Waals surface area contributed by atoms with Gasteiger partial charge in [-0.3, -0.25) is 0 Å². The Kier molecular flexibility index (Phi) is 1.65. The van der Waals surface area contributed by atoms with Crippen LogP contribution in [0.4, 0.5) is 4.39 Å². The Labute approximate surface area is 70.8 Å². The van der Waals surface area contributed by atoms with Crippen LogP contribution in [-0.2, 0) is 5.67 Å². The lowest BCUT2D eigenvalue weighted by Crippen LogP contribution is -2.04. The highest BCUT2D eigenvalue weighted by Gasteiger charge is 2.56. The van der Waals surface area contributed by atoms with Crippen molar-refractivity contribution in [3.8, 4) is 0 Å². The molecule has 2 rings (SSSR count). The van der Waals surface area contributed by atoms with Crippen molar-refractivity contribution in [1.82, 2.24) is 0 Å². The summed E-state index contributed by atoms with van der Waals surface area (Å²) in [5.74, 6) is -0.181. The van der Waals surface area contributed by atoms with Crippen LogP contribution < -0.4 is 0 Å². The molecule has 0 aromatic heterocycles. The molecule has 1 aliphatic carbocycles. The Balaban J connectivity index is 2.23. The monoisotopic (exact) mass is 166 g/mol. The lowest BCUT2D eigenvalue weighted by atomic mass is 10.1. The standard InChI is InChI=1S/C10H11FO/c11-10(6-9(10)7-12)8-4-2-1-3-5-8/h1-5,9,12H,6-7H2. The first-order chi connectivity index (χ1) is 5.77. The molecule has 2 atom stereocenters. The van der Waals surface area contributed by atoms with Crippen LogP contribution >= 0.6 is 0 Å². The number of rotatable bonds is 2. The first-order valence-electron chi connectivity index (χ1n) is 4.12. The van der Waals surface area contributed by atoms with Crippen molar-refractivity contribution in [3.05, 3.63) is 35.9 Å². The van der Waals surface area contributed by atoms with Gasteiger partial charge < -0.3 is 5.11 Å². The number of hydrogen-bond acceptors (Lipinski definition) is 1. The van der Waals surface area contributed by atoms with Crippen molar-refractivity contribution in [2.24, 2.45) is 5.92 Å². The maximum atomic E-state index is 13.7. The average Bonchev–Trinajstić information content (AvgIpc) is 2.81. The fourth-order valence-corrected chi connectivity index (χ4v) is 1.58. The second kappa shape index (κ2) is 2.56. The summed E-state index contributed by atoms with van der Waals surface area (Å²) in [6, 6.07) is 9.06. The van der Waals surface area contributed by atoms with E-state index in [9.17, 15) is 4.39 Å². The van der Waals surface area contributed by atoms with E-state index >= 15 is 0 Å². The maximum absolute atomic E-state index is 13.7. The Hall–Kier alpha value is -0.890. The van der Waals surface area contributed by atoms with E-state index in [1.54, 1.807) is 12.1 Å². The molecule has 0 bridgehead atoms. The highest BCUT2D eigenvalue weighted by molar-refractivity contribution is 5.29. The summed E-state index contributed by atoms with van der Waals surface area (Å²) in [5.41, 5.74) is -0.542. The number of hydrogen-bond donors (Lipinski definition) is 1. The third-order valence-corrected chi connectivity index (χ3v) is 2.50. The van der Waals surface area contributed by atoms with E-state index in [0.29, 0.717) is 12.0 Å². The van der Waals surface area contributed by atoms with E-state index in [-0.39, 0.29) is 12.5 Å². The van der Waals surface area contributed by atoms with E-state index in [4.69, 9.17) is 5.11 Å². The molecule has 0 spiro atoms. The maximum Gasteiger partial charge on any atom is 0.141 e. The van der Waals surface area contributed by atoms with Gasteiger partial charge >= 0.3 is 0 Å². The van der Waals surface area contributed by atoms with E-state index in [2.05, 4.69) is 0 Å². The Morgan fingerprint density at radius 2 is 2.08 bits per heavy atom. The number of aliphatic hydroxyl groups is 1. The van der Waals surface area contributed by atoms with Gasteiger partial charge in [-0.05, 0) is 12.0 Å².